The van der Waals surface area contributed by atoms with Crippen LogP contribution >= 0.6 is 0 Å². The van der Waals surface area contributed by atoms with Crippen molar-refractivity contribution in [1.82, 2.24) is 5.16 Å². The van der Waals surface area contributed by atoms with Crippen LogP contribution in [0.5, 0.6) is 5.75 Å². The van der Waals surface area contributed by atoms with Gasteiger partial charge in [-0.05, 0) is 49.2 Å². The number of hydrogen-bond donors (Lipinski definition) is 0. The van der Waals surface area contributed by atoms with E-state index >= 15 is 0 Å². The number of carbonyl (C=O) groups is 1. The molecule has 0 aliphatic carbocycles. The Bertz CT molecular complexity index is 975. The molecule has 0 bridgehead atoms. The van der Waals surface area contributed by atoms with E-state index in [9.17, 15) is 4.79 Å². The van der Waals surface area contributed by atoms with E-state index in [-0.39, 0.29) is 12.5 Å². The van der Waals surface area contributed by atoms with Crippen LogP contribution in [-0.2, 0) is 6.61 Å². The number of anilines is 1. The van der Waals surface area contributed by atoms with Gasteiger partial charge in [-0.15, -0.1) is 0 Å². The SMILES string of the molecule is Cc1ccc(N(C)C(=O)c2noc3c2COc2ccccc2-3)cc1C. The first-order chi connectivity index (χ1) is 12.1. The molecular formula is C20H18N2O3. The number of nitrogens with zero attached hydrogens (tertiary/aromatic N) is 2. The van der Waals surface area contributed by atoms with E-state index < -0.39 is 0 Å². The lowest BCUT2D eigenvalue weighted by molar-refractivity contribution is 0.0982. The first-order valence-electron chi connectivity index (χ1n) is 8.12. The van der Waals surface area contributed by atoms with Crippen molar-refractivity contribution in [2.45, 2.75) is 20.5 Å². The molecule has 1 amide bonds. The van der Waals surface area contributed by atoms with Gasteiger partial charge in [0, 0.05) is 12.7 Å². The van der Waals surface area contributed by atoms with Crippen molar-refractivity contribution in [3.63, 3.8) is 0 Å². The Morgan fingerprint density at radius 3 is 2.72 bits per heavy atom. The summed E-state index contributed by atoms with van der Waals surface area (Å²) < 4.78 is 11.2. The van der Waals surface area contributed by atoms with Crippen molar-refractivity contribution in [1.29, 1.82) is 0 Å². The molecule has 0 unspecified atom stereocenters. The number of benzene rings is 2. The fourth-order valence-corrected chi connectivity index (χ4v) is 2.96. The third kappa shape index (κ3) is 2.48. The summed E-state index contributed by atoms with van der Waals surface area (Å²) in [5.74, 6) is 1.14. The average molecular weight is 334 g/mol. The smallest absolute Gasteiger partial charge is 0.280 e. The normalized spacial score (nSPS) is 12.1. The van der Waals surface area contributed by atoms with E-state index in [0.717, 1.165) is 22.6 Å². The van der Waals surface area contributed by atoms with Crippen LogP contribution in [0.2, 0.25) is 0 Å². The summed E-state index contributed by atoms with van der Waals surface area (Å²) in [6.45, 7) is 4.35. The average Bonchev–Trinajstić information content (AvgIpc) is 3.07. The Balaban J connectivity index is 1.71. The molecule has 0 spiro atoms. The van der Waals surface area contributed by atoms with Gasteiger partial charge in [-0.25, -0.2) is 0 Å². The molecule has 1 aliphatic heterocycles. The van der Waals surface area contributed by atoms with Gasteiger partial charge in [-0.1, -0.05) is 23.4 Å². The van der Waals surface area contributed by atoms with Gasteiger partial charge >= 0.3 is 0 Å². The third-order valence-corrected chi connectivity index (χ3v) is 4.68. The predicted molar refractivity (Wildman–Crippen MR) is 94.9 cm³/mol. The van der Waals surface area contributed by atoms with Gasteiger partial charge in [0.1, 0.15) is 12.4 Å². The monoisotopic (exact) mass is 334 g/mol. The van der Waals surface area contributed by atoms with Crippen molar-refractivity contribution in [3.8, 4) is 17.1 Å². The number of fused-ring (bicyclic) bond motifs is 3. The summed E-state index contributed by atoms with van der Waals surface area (Å²) in [4.78, 5) is 14.5. The van der Waals surface area contributed by atoms with Crippen molar-refractivity contribution in [2.75, 3.05) is 11.9 Å². The van der Waals surface area contributed by atoms with Crippen molar-refractivity contribution >= 4 is 11.6 Å². The summed E-state index contributed by atoms with van der Waals surface area (Å²) >= 11 is 0. The molecule has 25 heavy (non-hydrogen) atoms. The van der Waals surface area contributed by atoms with Crippen LogP contribution in [0, 0.1) is 13.8 Å². The highest BCUT2D eigenvalue weighted by Gasteiger charge is 2.30. The first-order valence-corrected chi connectivity index (χ1v) is 8.12. The molecule has 2 heterocycles. The van der Waals surface area contributed by atoms with Crippen molar-refractivity contribution in [2.24, 2.45) is 0 Å². The van der Waals surface area contributed by atoms with Crippen LogP contribution in [-0.4, -0.2) is 18.1 Å². The summed E-state index contributed by atoms with van der Waals surface area (Å²) in [7, 11) is 1.74. The molecule has 1 aliphatic rings. The van der Waals surface area contributed by atoms with E-state index in [2.05, 4.69) is 5.16 Å². The van der Waals surface area contributed by atoms with Gasteiger partial charge in [0.05, 0.1) is 11.1 Å². The van der Waals surface area contributed by atoms with Gasteiger partial charge in [-0.3, -0.25) is 4.79 Å². The highest BCUT2D eigenvalue weighted by molar-refractivity contribution is 6.06. The minimum Gasteiger partial charge on any atom is -0.488 e. The van der Waals surface area contributed by atoms with Gasteiger partial charge < -0.3 is 14.2 Å². The number of hydrogen-bond acceptors (Lipinski definition) is 4. The number of para-hydroxylation sites is 1. The molecule has 5 heteroatoms. The second-order valence-electron chi connectivity index (χ2n) is 6.26. The van der Waals surface area contributed by atoms with Crippen LogP contribution in [0.3, 0.4) is 0 Å². The Hall–Kier alpha value is -3.08. The van der Waals surface area contributed by atoms with E-state index in [1.54, 1.807) is 11.9 Å². The molecule has 0 fully saturated rings. The molecular weight excluding hydrogens is 316 g/mol. The maximum atomic E-state index is 12.9. The molecule has 4 rings (SSSR count). The quantitative estimate of drug-likeness (QED) is 0.707. The van der Waals surface area contributed by atoms with E-state index in [0.29, 0.717) is 17.0 Å². The molecule has 0 radical (unpaired) electrons. The molecule has 1 aromatic heterocycles. The van der Waals surface area contributed by atoms with Crippen LogP contribution in [0.1, 0.15) is 27.2 Å². The molecule has 0 saturated heterocycles. The number of aryl methyl sites for hydroxylation is 2. The van der Waals surface area contributed by atoms with Crippen LogP contribution < -0.4 is 9.64 Å². The highest BCUT2D eigenvalue weighted by atomic mass is 16.5. The topological polar surface area (TPSA) is 55.6 Å². The second-order valence-corrected chi connectivity index (χ2v) is 6.26. The maximum absolute atomic E-state index is 12.9. The maximum Gasteiger partial charge on any atom is 0.280 e. The van der Waals surface area contributed by atoms with Crippen molar-refractivity contribution < 1.29 is 14.1 Å². The zero-order chi connectivity index (χ0) is 17.6. The van der Waals surface area contributed by atoms with Crippen LogP contribution in [0.25, 0.3) is 11.3 Å². The number of aromatic nitrogens is 1. The highest BCUT2D eigenvalue weighted by Crippen LogP contribution is 2.38. The van der Waals surface area contributed by atoms with Gasteiger partial charge in [0.15, 0.2) is 11.5 Å². The number of ether oxygens (including phenoxy) is 1. The van der Waals surface area contributed by atoms with Crippen molar-refractivity contribution in [3.05, 3.63) is 64.8 Å². The summed E-state index contributed by atoms with van der Waals surface area (Å²) in [5, 5.41) is 4.04. The zero-order valence-corrected chi connectivity index (χ0v) is 14.4. The van der Waals surface area contributed by atoms with E-state index in [1.165, 1.54) is 5.56 Å². The molecule has 0 N–H and O–H groups in total. The Morgan fingerprint density at radius 1 is 1.12 bits per heavy atom. The minimum absolute atomic E-state index is 0.212. The van der Waals surface area contributed by atoms with Gasteiger partial charge in [0.2, 0.25) is 0 Å². The lowest BCUT2D eigenvalue weighted by Crippen LogP contribution is -2.28. The molecule has 126 valence electrons. The molecule has 5 nitrogen and oxygen atoms in total. The van der Waals surface area contributed by atoms with Crippen LogP contribution in [0.4, 0.5) is 5.69 Å². The molecule has 0 atom stereocenters. The molecule has 2 aromatic carbocycles. The third-order valence-electron chi connectivity index (χ3n) is 4.68. The first kappa shape index (κ1) is 15.4. The summed E-state index contributed by atoms with van der Waals surface area (Å²) in [6, 6.07) is 13.5. The van der Waals surface area contributed by atoms with E-state index in [4.69, 9.17) is 9.26 Å². The summed E-state index contributed by atoms with van der Waals surface area (Å²) in [5.41, 5.74) is 4.96. The fourth-order valence-electron chi connectivity index (χ4n) is 2.96. The van der Waals surface area contributed by atoms with Crippen LogP contribution in [0.15, 0.2) is 47.0 Å². The Kier molecular flexibility index (Phi) is 3.57. The lowest BCUT2D eigenvalue weighted by Gasteiger charge is -2.19. The van der Waals surface area contributed by atoms with E-state index in [1.807, 2.05) is 56.3 Å². The largest absolute Gasteiger partial charge is 0.488 e. The second kappa shape index (κ2) is 5.77. The Morgan fingerprint density at radius 2 is 1.92 bits per heavy atom. The number of rotatable bonds is 2. The molecule has 0 saturated carbocycles. The lowest BCUT2D eigenvalue weighted by atomic mass is 10.0. The predicted octanol–water partition coefficient (Wildman–Crippen LogP) is 4.13. The number of carbonyl (C=O) groups excluding carboxylic acids is 1. The zero-order valence-electron chi connectivity index (χ0n) is 14.4. The van der Waals surface area contributed by atoms with Gasteiger partial charge in [-0.2, -0.15) is 0 Å². The van der Waals surface area contributed by atoms with Gasteiger partial charge in [0.25, 0.3) is 5.91 Å². The Labute approximate surface area is 145 Å². The molecule has 3 aromatic rings. The standard InChI is InChI=1S/C20H18N2O3/c1-12-8-9-14(10-13(12)2)22(3)20(23)18-16-11-24-17-7-5-4-6-15(17)19(16)25-21-18/h4-10H,11H2,1-3H3. The summed E-state index contributed by atoms with van der Waals surface area (Å²) in [6.07, 6.45) is 0. The fraction of sp³-hybridized carbons (Fsp3) is 0.200. The number of amides is 1. The minimum atomic E-state index is -0.212.